The summed E-state index contributed by atoms with van der Waals surface area (Å²) < 4.78 is 16.6. The van der Waals surface area contributed by atoms with Crippen molar-refractivity contribution < 1.29 is 24.2 Å². The van der Waals surface area contributed by atoms with Crippen molar-refractivity contribution >= 4 is 51.7 Å². The van der Waals surface area contributed by atoms with Crippen LogP contribution in [0.4, 0.5) is 20.7 Å². The number of rotatable bonds is 5. The highest BCUT2D eigenvalue weighted by atomic mass is 35.5. The molecule has 5 rings (SSSR count). The molecule has 1 aliphatic carbocycles. The summed E-state index contributed by atoms with van der Waals surface area (Å²) in [5.41, 5.74) is 1.91. The monoisotopic (exact) mass is 503 g/mol. The highest BCUT2D eigenvalue weighted by Gasteiger charge is 2.24. The van der Waals surface area contributed by atoms with Crippen LogP contribution in [0.2, 0.25) is 5.02 Å². The van der Waals surface area contributed by atoms with Gasteiger partial charge >= 0.3 is 12.1 Å². The van der Waals surface area contributed by atoms with Gasteiger partial charge in [-0.15, -0.1) is 0 Å². The number of imidazole rings is 1. The number of carboxylic acid groups (broad SMARTS) is 2. The molecule has 0 radical (unpaired) electrons. The number of halogens is 2. The topological polar surface area (TPSA) is 158 Å². The summed E-state index contributed by atoms with van der Waals surface area (Å²) in [6, 6.07) is -0.0107. The van der Waals surface area contributed by atoms with Crippen molar-refractivity contribution in [2.24, 2.45) is 5.92 Å². The van der Waals surface area contributed by atoms with Gasteiger partial charge in [0.25, 0.3) is 0 Å². The number of H-pyrrole nitrogens is 1. The van der Waals surface area contributed by atoms with Crippen LogP contribution in [0.25, 0.3) is 27.8 Å². The van der Waals surface area contributed by atoms with E-state index in [1.807, 2.05) is 13.8 Å². The maximum Gasteiger partial charge on any atom is 0.410 e. The van der Waals surface area contributed by atoms with Gasteiger partial charge in [-0.1, -0.05) is 18.0 Å². The third kappa shape index (κ3) is 4.97. The first-order valence-corrected chi connectivity index (χ1v) is 11.2. The zero-order valence-corrected chi connectivity index (χ0v) is 19.6. The minimum Gasteiger partial charge on any atom is -0.481 e. The maximum absolute atomic E-state index is 15.0. The quantitative estimate of drug-likeness (QED) is 0.258. The lowest BCUT2D eigenvalue weighted by atomic mass is 9.86. The minimum absolute atomic E-state index is 0.000000000000000444. The molecule has 3 heterocycles. The van der Waals surface area contributed by atoms with Gasteiger partial charge in [-0.25, -0.2) is 14.2 Å². The molecule has 13 heteroatoms. The average Bonchev–Trinajstić information content (AvgIpc) is 3.35. The number of carboxylic acids is 1. The lowest BCUT2D eigenvalue weighted by molar-refractivity contribution is -0.144. The number of anilines is 2. The molecule has 0 atom stereocenters. The Morgan fingerprint density at radius 2 is 2.00 bits per heavy atom. The van der Waals surface area contributed by atoms with E-state index in [1.54, 1.807) is 16.8 Å². The standard InChI is InChI=1S/C17H15ClFN7O2.C5H8O2/c1-7(2)22-16-14(19)13(18)12(8-3-21-25-15(8)16)9-5-26-6-10(24-17(27)28)23-11(26)4-20-9;6-5(7)4-2-1-3-4/h3-7,22,24H,1-2H3,(H,21,25)(H,27,28);4H,1-3H2,(H,6,7). The predicted octanol–water partition coefficient (Wildman–Crippen LogP) is 4.85. The van der Waals surface area contributed by atoms with Crippen LogP contribution >= 0.6 is 11.6 Å². The van der Waals surface area contributed by atoms with E-state index < -0.39 is 17.9 Å². The van der Waals surface area contributed by atoms with Gasteiger partial charge in [0.2, 0.25) is 0 Å². The van der Waals surface area contributed by atoms with E-state index in [0.29, 0.717) is 27.8 Å². The molecule has 11 nitrogen and oxygen atoms in total. The van der Waals surface area contributed by atoms with E-state index in [4.69, 9.17) is 21.8 Å². The molecule has 4 aromatic rings. The Labute approximate surface area is 203 Å². The number of benzene rings is 1. The third-order valence-corrected chi connectivity index (χ3v) is 5.87. The summed E-state index contributed by atoms with van der Waals surface area (Å²) in [4.78, 5) is 29.2. The van der Waals surface area contributed by atoms with Crippen molar-refractivity contribution in [1.82, 2.24) is 24.6 Å². The van der Waals surface area contributed by atoms with Crippen LogP contribution < -0.4 is 10.6 Å². The molecule has 1 aromatic carbocycles. The molecule has 0 aliphatic heterocycles. The Hall–Kier alpha value is -3.93. The number of nitrogens with zero attached hydrogens (tertiary/aromatic N) is 4. The lowest BCUT2D eigenvalue weighted by Crippen LogP contribution is -2.20. The molecule has 1 fully saturated rings. The van der Waals surface area contributed by atoms with Gasteiger partial charge in [0, 0.05) is 23.2 Å². The van der Waals surface area contributed by atoms with Crippen LogP contribution in [0.1, 0.15) is 33.1 Å². The summed E-state index contributed by atoms with van der Waals surface area (Å²) in [6.45, 7) is 3.78. The van der Waals surface area contributed by atoms with Crippen LogP contribution in [-0.2, 0) is 4.79 Å². The molecular formula is C22H23ClFN7O4. The lowest BCUT2D eigenvalue weighted by Gasteiger charge is -2.19. The molecule has 184 valence electrons. The number of nitrogens with one attached hydrogen (secondary N) is 3. The van der Waals surface area contributed by atoms with Crippen molar-refractivity contribution in [1.29, 1.82) is 0 Å². The van der Waals surface area contributed by atoms with E-state index in [2.05, 4.69) is 30.8 Å². The Kier molecular flexibility index (Phi) is 6.74. The third-order valence-electron chi connectivity index (χ3n) is 5.51. The Morgan fingerprint density at radius 1 is 1.26 bits per heavy atom. The zero-order valence-electron chi connectivity index (χ0n) is 18.8. The summed E-state index contributed by atoms with van der Waals surface area (Å²) in [5, 5.41) is 29.6. The first kappa shape index (κ1) is 24.2. The number of hydrogen-bond acceptors (Lipinski definition) is 6. The number of carbonyl (C=O) groups is 2. The van der Waals surface area contributed by atoms with Crippen LogP contribution in [0.5, 0.6) is 0 Å². The normalized spacial score (nSPS) is 13.4. The predicted molar refractivity (Wildman–Crippen MR) is 128 cm³/mol. The molecule has 5 N–H and O–H groups in total. The van der Waals surface area contributed by atoms with Crippen molar-refractivity contribution in [3.8, 4) is 11.3 Å². The van der Waals surface area contributed by atoms with Gasteiger partial charge in [0.05, 0.1) is 46.4 Å². The number of aromatic nitrogens is 5. The Balaban J connectivity index is 0.000000356. The molecule has 1 saturated carbocycles. The van der Waals surface area contributed by atoms with Crippen molar-refractivity contribution in [2.75, 3.05) is 10.6 Å². The largest absolute Gasteiger partial charge is 0.481 e. The zero-order chi connectivity index (χ0) is 25.3. The summed E-state index contributed by atoms with van der Waals surface area (Å²) in [7, 11) is 0. The summed E-state index contributed by atoms with van der Waals surface area (Å²) >= 11 is 6.37. The molecule has 35 heavy (non-hydrogen) atoms. The number of fused-ring (bicyclic) bond motifs is 2. The number of aliphatic carboxylic acids is 1. The second-order valence-corrected chi connectivity index (χ2v) is 8.77. The number of aromatic amines is 1. The number of amides is 1. The number of hydrogen-bond donors (Lipinski definition) is 5. The van der Waals surface area contributed by atoms with Crippen molar-refractivity contribution in [3.63, 3.8) is 0 Å². The van der Waals surface area contributed by atoms with Gasteiger partial charge in [0.1, 0.15) is 0 Å². The fraction of sp³-hybridized carbons (Fsp3) is 0.318. The first-order chi connectivity index (χ1) is 16.7. The highest BCUT2D eigenvalue weighted by Crippen LogP contribution is 2.40. The van der Waals surface area contributed by atoms with Gasteiger partial charge in [0.15, 0.2) is 17.3 Å². The molecule has 0 spiro atoms. The van der Waals surface area contributed by atoms with Crippen molar-refractivity contribution in [3.05, 3.63) is 35.6 Å². The van der Waals surface area contributed by atoms with E-state index in [9.17, 15) is 9.59 Å². The smallest absolute Gasteiger partial charge is 0.410 e. The van der Waals surface area contributed by atoms with Crippen LogP contribution in [0.3, 0.4) is 0 Å². The average molecular weight is 504 g/mol. The SMILES string of the molecule is CC(C)Nc1c(F)c(Cl)c(-c2cn3cc(NC(=O)O)nc3cn2)c2cn[nH]c12.O=C(O)C1CCC1. The van der Waals surface area contributed by atoms with Crippen LogP contribution in [0.15, 0.2) is 24.8 Å². The van der Waals surface area contributed by atoms with Gasteiger partial charge in [-0.05, 0) is 26.7 Å². The molecule has 1 aliphatic rings. The van der Waals surface area contributed by atoms with Crippen LogP contribution in [0, 0.1) is 11.7 Å². The molecule has 3 aromatic heterocycles. The van der Waals surface area contributed by atoms with E-state index in [0.717, 1.165) is 19.3 Å². The Morgan fingerprint density at radius 3 is 2.57 bits per heavy atom. The van der Waals surface area contributed by atoms with E-state index in [1.165, 1.54) is 12.4 Å². The minimum atomic E-state index is -1.23. The van der Waals surface area contributed by atoms with Gasteiger partial charge in [-0.3, -0.25) is 20.2 Å². The van der Waals surface area contributed by atoms with Gasteiger partial charge < -0.3 is 19.9 Å². The van der Waals surface area contributed by atoms with Crippen LogP contribution in [-0.4, -0.2) is 52.9 Å². The molecular weight excluding hydrogens is 481 g/mol. The maximum atomic E-state index is 15.0. The summed E-state index contributed by atoms with van der Waals surface area (Å²) in [6.07, 6.45) is 7.76. The first-order valence-electron chi connectivity index (χ1n) is 10.8. The molecule has 1 amide bonds. The fourth-order valence-corrected chi connectivity index (χ4v) is 3.93. The second kappa shape index (κ2) is 9.74. The highest BCUT2D eigenvalue weighted by molar-refractivity contribution is 6.35. The van der Waals surface area contributed by atoms with Crippen molar-refractivity contribution in [2.45, 2.75) is 39.2 Å². The second-order valence-electron chi connectivity index (χ2n) is 8.40. The van der Waals surface area contributed by atoms with E-state index >= 15 is 4.39 Å². The summed E-state index contributed by atoms with van der Waals surface area (Å²) in [5.74, 6) is -1.08. The van der Waals surface area contributed by atoms with E-state index in [-0.39, 0.29) is 28.5 Å². The molecule has 0 unspecified atom stereocenters. The molecule has 0 bridgehead atoms. The van der Waals surface area contributed by atoms with Gasteiger partial charge in [-0.2, -0.15) is 5.10 Å². The Bertz CT molecular complexity index is 1410. The molecule has 0 saturated heterocycles. The fourth-order valence-electron chi connectivity index (χ4n) is 3.64.